The van der Waals surface area contributed by atoms with E-state index in [0.29, 0.717) is 6.42 Å². The molecule has 0 amide bonds. The number of hydrogen-bond acceptors (Lipinski definition) is 3. The SMILES string of the molecule is CC/C=C\C/C=C\C/C=C\C/C=C\C/C=C\C/C=C\CCCCC(=O)OC(CCCC)CCCCCCCCCC(=O)O. The van der Waals surface area contributed by atoms with E-state index >= 15 is 0 Å². The zero-order chi connectivity index (χ0) is 31.5. The lowest BCUT2D eigenvalue weighted by Crippen LogP contribution is -2.18. The monoisotopic (exact) mass is 596 g/mol. The Morgan fingerprint density at radius 3 is 1.49 bits per heavy atom. The first-order valence-corrected chi connectivity index (χ1v) is 17.4. The lowest BCUT2D eigenvalue weighted by molar-refractivity contribution is -0.150. The Hall–Kier alpha value is -2.62. The van der Waals surface area contributed by atoms with Crippen LogP contribution in [0.3, 0.4) is 0 Å². The van der Waals surface area contributed by atoms with Gasteiger partial charge in [-0.25, -0.2) is 0 Å². The third kappa shape index (κ3) is 33.7. The Labute approximate surface area is 265 Å². The fourth-order valence-electron chi connectivity index (χ4n) is 4.64. The Morgan fingerprint density at radius 1 is 0.535 bits per heavy atom. The molecular formula is C39H64O4. The Bertz CT molecular complexity index is 815. The van der Waals surface area contributed by atoms with Gasteiger partial charge >= 0.3 is 11.9 Å². The van der Waals surface area contributed by atoms with E-state index < -0.39 is 5.97 Å². The third-order valence-electron chi connectivity index (χ3n) is 7.19. The van der Waals surface area contributed by atoms with Crippen LogP contribution >= 0.6 is 0 Å². The van der Waals surface area contributed by atoms with Crippen LogP contribution in [0.4, 0.5) is 0 Å². The number of rotatable bonds is 30. The first kappa shape index (κ1) is 40.4. The molecule has 0 aliphatic rings. The van der Waals surface area contributed by atoms with Crippen LogP contribution in [0.2, 0.25) is 0 Å². The highest BCUT2D eigenvalue weighted by molar-refractivity contribution is 5.69. The van der Waals surface area contributed by atoms with E-state index in [4.69, 9.17) is 9.84 Å². The molecule has 1 atom stereocenters. The number of allylic oxidation sites excluding steroid dienone is 12. The summed E-state index contributed by atoms with van der Waals surface area (Å²) in [6.07, 6.45) is 48.1. The second-order valence-corrected chi connectivity index (χ2v) is 11.3. The van der Waals surface area contributed by atoms with Gasteiger partial charge in [0.1, 0.15) is 6.10 Å². The average molecular weight is 597 g/mol. The maximum Gasteiger partial charge on any atom is 0.306 e. The van der Waals surface area contributed by atoms with E-state index in [1.807, 2.05) is 0 Å². The molecule has 0 aliphatic heterocycles. The predicted octanol–water partition coefficient (Wildman–Crippen LogP) is 11.9. The first-order chi connectivity index (χ1) is 21.1. The smallest absolute Gasteiger partial charge is 0.306 e. The van der Waals surface area contributed by atoms with E-state index in [1.54, 1.807) is 0 Å². The van der Waals surface area contributed by atoms with Crippen molar-refractivity contribution in [3.8, 4) is 0 Å². The summed E-state index contributed by atoms with van der Waals surface area (Å²) in [6, 6.07) is 0. The minimum atomic E-state index is -0.697. The summed E-state index contributed by atoms with van der Waals surface area (Å²) in [5, 5.41) is 8.69. The van der Waals surface area contributed by atoms with E-state index in [0.717, 1.165) is 122 Å². The van der Waals surface area contributed by atoms with Crippen molar-refractivity contribution in [2.75, 3.05) is 0 Å². The molecule has 0 aromatic rings. The van der Waals surface area contributed by atoms with Crippen LogP contribution < -0.4 is 0 Å². The number of hydrogen-bond donors (Lipinski definition) is 1. The van der Waals surface area contributed by atoms with Gasteiger partial charge in [0.05, 0.1) is 0 Å². The van der Waals surface area contributed by atoms with E-state index in [2.05, 4.69) is 86.8 Å². The summed E-state index contributed by atoms with van der Waals surface area (Å²) in [5.41, 5.74) is 0. The summed E-state index contributed by atoms with van der Waals surface area (Å²) in [7, 11) is 0. The van der Waals surface area contributed by atoms with Crippen molar-refractivity contribution >= 4 is 11.9 Å². The number of aliphatic carboxylic acids is 1. The second kappa shape index (κ2) is 33.9. The zero-order valence-electron chi connectivity index (χ0n) is 27.7. The van der Waals surface area contributed by atoms with Crippen molar-refractivity contribution < 1.29 is 19.4 Å². The molecule has 0 heterocycles. The van der Waals surface area contributed by atoms with Crippen LogP contribution in [0.1, 0.15) is 155 Å². The van der Waals surface area contributed by atoms with Gasteiger partial charge in [-0.2, -0.15) is 0 Å². The quantitative estimate of drug-likeness (QED) is 0.0509. The summed E-state index contributed by atoms with van der Waals surface area (Å²) < 4.78 is 5.84. The molecule has 0 aromatic carbocycles. The lowest BCUT2D eigenvalue weighted by Gasteiger charge is -2.18. The normalized spacial score (nSPS) is 13.2. The largest absolute Gasteiger partial charge is 0.481 e. The predicted molar refractivity (Wildman–Crippen MR) is 185 cm³/mol. The number of ether oxygens (including phenoxy) is 1. The molecule has 0 radical (unpaired) electrons. The van der Waals surface area contributed by atoms with Crippen molar-refractivity contribution in [1.82, 2.24) is 0 Å². The zero-order valence-corrected chi connectivity index (χ0v) is 27.7. The highest BCUT2D eigenvalue weighted by atomic mass is 16.5. The van der Waals surface area contributed by atoms with Gasteiger partial charge in [0, 0.05) is 12.8 Å². The van der Waals surface area contributed by atoms with Crippen LogP contribution in [0.25, 0.3) is 0 Å². The van der Waals surface area contributed by atoms with Gasteiger partial charge in [-0.15, -0.1) is 0 Å². The third-order valence-corrected chi connectivity index (χ3v) is 7.19. The number of carbonyl (C=O) groups excluding carboxylic acids is 1. The summed E-state index contributed by atoms with van der Waals surface area (Å²) in [5.74, 6) is -0.736. The molecule has 0 aliphatic carbocycles. The number of carboxylic acids is 1. The average Bonchev–Trinajstić information content (AvgIpc) is 2.99. The molecule has 0 bridgehead atoms. The van der Waals surface area contributed by atoms with E-state index in [-0.39, 0.29) is 18.5 Å². The number of carboxylic acid groups (broad SMARTS) is 1. The Kier molecular flexibility index (Phi) is 31.8. The van der Waals surface area contributed by atoms with Gasteiger partial charge in [-0.3, -0.25) is 9.59 Å². The molecule has 43 heavy (non-hydrogen) atoms. The van der Waals surface area contributed by atoms with Crippen LogP contribution in [0, 0.1) is 0 Å². The van der Waals surface area contributed by atoms with Crippen LogP contribution in [0.5, 0.6) is 0 Å². The van der Waals surface area contributed by atoms with Gasteiger partial charge < -0.3 is 9.84 Å². The van der Waals surface area contributed by atoms with E-state index in [1.165, 1.54) is 6.42 Å². The molecule has 1 N–H and O–H groups in total. The number of unbranched alkanes of at least 4 members (excludes halogenated alkanes) is 9. The van der Waals surface area contributed by atoms with Crippen molar-refractivity contribution in [3.05, 3.63) is 72.9 Å². The Morgan fingerprint density at radius 2 is 0.977 bits per heavy atom. The molecule has 0 aromatic heterocycles. The first-order valence-electron chi connectivity index (χ1n) is 17.4. The summed E-state index contributed by atoms with van der Waals surface area (Å²) >= 11 is 0. The van der Waals surface area contributed by atoms with Gasteiger partial charge in [-0.1, -0.05) is 132 Å². The highest BCUT2D eigenvalue weighted by Gasteiger charge is 2.13. The molecule has 4 heteroatoms. The van der Waals surface area contributed by atoms with Crippen molar-refractivity contribution in [2.24, 2.45) is 0 Å². The summed E-state index contributed by atoms with van der Waals surface area (Å²) in [6.45, 7) is 4.34. The molecular weight excluding hydrogens is 532 g/mol. The minimum absolute atomic E-state index is 0.0395. The maximum atomic E-state index is 12.4. The standard InChI is InChI=1S/C39H64O4/c1-3-5-7-8-9-10-11-12-13-14-15-16-17-18-19-20-21-22-26-29-32-36-39(42)43-37(33-6-4-2)34-30-27-24-23-25-28-31-35-38(40)41/h5,7,9-10,12-13,15-16,18-19,21-22,37H,3-4,6,8,11,14,17,20,23-36H2,1-2H3,(H,40,41)/b7-5-,10-9-,13-12-,16-15-,19-18-,22-21-. The second-order valence-electron chi connectivity index (χ2n) is 11.3. The molecule has 1 unspecified atom stereocenters. The molecule has 0 saturated carbocycles. The number of carbonyl (C=O) groups is 2. The van der Waals surface area contributed by atoms with E-state index in [9.17, 15) is 9.59 Å². The van der Waals surface area contributed by atoms with Crippen LogP contribution in [-0.2, 0) is 14.3 Å². The molecule has 4 nitrogen and oxygen atoms in total. The number of esters is 1. The van der Waals surface area contributed by atoms with Gasteiger partial charge in [-0.05, 0) is 83.5 Å². The van der Waals surface area contributed by atoms with Crippen molar-refractivity contribution in [2.45, 2.75) is 161 Å². The molecule has 0 fully saturated rings. The fraction of sp³-hybridized carbons (Fsp3) is 0.641. The fourth-order valence-corrected chi connectivity index (χ4v) is 4.64. The molecule has 0 saturated heterocycles. The van der Waals surface area contributed by atoms with Gasteiger partial charge in [0.25, 0.3) is 0 Å². The van der Waals surface area contributed by atoms with Gasteiger partial charge in [0.2, 0.25) is 0 Å². The maximum absolute atomic E-state index is 12.4. The molecule has 0 rings (SSSR count). The topological polar surface area (TPSA) is 63.6 Å². The highest BCUT2D eigenvalue weighted by Crippen LogP contribution is 2.17. The van der Waals surface area contributed by atoms with Crippen LogP contribution in [-0.4, -0.2) is 23.1 Å². The molecule has 244 valence electrons. The summed E-state index contributed by atoms with van der Waals surface area (Å²) in [4.78, 5) is 22.9. The van der Waals surface area contributed by atoms with Gasteiger partial charge in [0.15, 0.2) is 0 Å². The lowest BCUT2D eigenvalue weighted by atomic mass is 10.0. The minimum Gasteiger partial charge on any atom is -0.481 e. The van der Waals surface area contributed by atoms with Crippen molar-refractivity contribution in [3.63, 3.8) is 0 Å². The van der Waals surface area contributed by atoms with Crippen molar-refractivity contribution in [1.29, 1.82) is 0 Å². The molecule has 0 spiro atoms. The Balaban J connectivity index is 3.82. The van der Waals surface area contributed by atoms with Crippen LogP contribution in [0.15, 0.2) is 72.9 Å².